The number of aliphatic hydroxyl groups is 1. The summed E-state index contributed by atoms with van der Waals surface area (Å²) in [5, 5.41) is 10.8. The van der Waals surface area contributed by atoms with Gasteiger partial charge in [-0.05, 0) is 38.1 Å². The summed E-state index contributed by atoms with van der Waals surface area (Å²) in [5.74, 6) is -0.799. The lowest BCUT2D eigenvalue weighted by atomic mass is 9.75. The average Bonchev–Trinajstić information content (AvgIpc) is 2.81. The number of fused-ring (bicyclic) bond motifs is 2. The Bertz CT molecular complexity index is 447. The van der Waals surface area contributed by atoms with Crippen molar-refractivity contribution in [2.45, 2.75) is 30.7 Å². The minimum Gasteiger partial charge on any atom is -0.363 e. The van der Waals surface area contributed by atoms with Gasteiger partial charge in [-0.3, -0.25) is 14.7 Å². The molecule has 4 aliphatic rings. The van der Waals surface area contributed by atoms with E-state index < -0.39 is 5.79 Å². The summed E-state index contributed by atoms with van der Waals surface area (Å²) in [5.41, 5.74) is 3.94. The van der Waals surface area contributed by atoms with Crippen LogP contribution in [0.25, 0.3) is 0 Å². The third-order valence-electron chi connectivity index (χ3n) is 4.60. The van der Waals surface area contributed by atoms with E-state index in [0.29, 0.717) is 0 Å². The first kappa shape index (κ1) is 10.9. The molecule has 5 nitrogen and oxygen atoms in total. The number of hydrogen-bond donors (Lipinski definition) is 2. The molecule has 0 aliphatic carbocycles. The number of pyridine rings is 1. The highest BCUT2D eigenvalue weighted by Crippen LogP contribution is 2.48. The molecule has 2 bridgehead atoms. The van der Waals surface area contributed by atoms with Crippen LogP contribution in [0.3, 0.4) is 0 Å². The van der Waals surface area contributed by atoms with Gasteiger partial charge in [0.15, 0.2) is 0 Å². The molecule has 4 aliphatic heterocycles. The summed E-state index contributed by atoms with van der Waals surface area (Å²) >= 11 is 0. The van der Waals surface area contributed by atoms with Gasteiger partial charge in [-0.1, -0.05) is 6.07 Å². The molecule has 5 heteroatoms. The van der Waals surface area contributed by atoms with Gasteiger partial charge in [-0.25, -0.2) is 0 Å². The lowest BCUT2D eigenvalue weighted by molar-refractivity contribution is -0.285. The van der Waals surface area contributed by atoms with E-state index in [0.717, 1.165) is 31.6 Å². The van der Waals surface area contributed by atoms with Crippen molar-refractivity contribution in [1.29, 1.82) is 0 Å². The van der Waals surface area contributed by atoms with Crippen LogP contribution in [0.5, 0.6) is 0 Å². The van der Waals surface area contributed by atoms with E-state index in [-0.39, 0.29) is 18.0 Å². The van der Waals surface area contributed by atoms with Crippen molar-refractivity contribution in [3.05, 3.63) is 30.1 Å². The Morgan fingerprint density at radius 3 is 2.94 bits per heavy atom. The molecule has 0 unspecified atom stereocenters. The van der Waals surface area contributed by atoms with Gasteiger partial charge in [-0.15, -0.1) is 0 Å². The predicted molar refractivity (Wildman–Crippen MR) is 64.2 cm³/mol. The van der Waals surface area contributed by atoms with Crippen molar-refractivity contribution in [2.24, 2.45) is 5.92 Å². The molecular weight excluding hydrogens is 230 g/mol. The Hall–Kier alpha value is -1.01. The zero-order valence-electron chi connectivity index (χ0n) is 10.1. The van der Waals surface area contributed by atoms with Crippen LogP contribution in [-0.4, -0.2) is 39.9 Å². The van der Waals surface area contributed by atoms with Crippen molar-refractivity contribution in [1.82, 2.24) is 15.4 Å². The second kappa shape index (κ2) is 3.74. The van der Waals surface area contributed by atoms with Crippen LogP contribution in [0.1, 0.15) is 24.6 Å². The maximum Gasteiger partial charge on any atom is 0.205 e. The van der Waals surface area contributed by atoms with Crippen molar-refractivity contribution < 1.29 is 9.94 Å². The Labute approximate surface area is 106 Å². The first-order chi connectivity index (χ1) is 8.79. The van der Waals surface area contributed by atoms with Crippen LogP contribution in [0.2, 0.25) is 0 Å². The molecule has 4 fully saturated rings. The summed E-state index contributed by atoms with van der Waals surface area (Å²) in [6.45, 7) is 2.10. The van der Waals surface area contributed by atoms with E-state index in [2.05, 4.69) is 15.4 Å². The van der Waals surface area contributed by atoms with Crippen LogP contribution in [0.15, 0.2) is 24.4 Å². The number of rotatable bonds is 1. The van der Waals surface area contributed by atoms with Crippen molar-refractivity contribution in [3.63, 3.8) is 0 Å². The topological polar surface area (TPSA) is 57.6 Å². The molecule has 1 aromatic rings. The predicted octanol–water partition coefficient (Wildman–Crippen LogP) is 0.440. The van der Waals surface area contributed by atoms with Crippen molar-refractivity contribution in [3.8, 4) is 0 Å². The molecule has 4 saturated heterocycles. The minimum absolute atomic E-state index is 0.0140. The summed E-state index contributed by atoms with van der Waals surface area (Å²) in [6, 6.07) is 5.80. The van der Waals surface area contributed by atoms with Gasteiger partial charge in [0.25, 0.3) is 0 Å². The minimum atomic E-state index is -1.04. The van der Waals surface area contributed by atoms with Gasteiger partial charge < -0.3 is 5.11 Å². The van der Waals surface area contributed by atoms with E-state index in [1.54, 1.807) is 6.20 Å². The number of aromatic nitrogens is 1. The Morgan fingerprint density at radius 1 is 1.39 bits per heavy atom. The van der Waals surface area contributed by atoms with E-state index in [9.17, 15) is 5.11 Å². The summed E-state index contributed by atoms with van der Waals surface area (Å²) < 4.78 is 0. The maximum absolute atomic E-state index is 10.8. The molecule has 5 rings (SSSR count). The second-order valence-electron chi connectivity index (χ2n) is 5.46. The molecule has 0 aromatic carbocycles. The Kier molecular flexibility index (Phi) is 2.26. The first-order valence-corrected chi connectivity index (χ1v) is 6.60. The monoisotopic (exact) mass is 247 g/mol. The zero-order chi connectivity index (χ0) is 12.2. The van der Waals surface area contributed by atoms with Gasteiger partial charge in [-0.2, -0.15) is 5.48 Å². The van der Waals surface area contributed by atoms with Crippen molar-refractivity contribution in [2.75, 3.05) is 13.1 Å². The van der Waals surface area contributed by atoms with Gasteiger partial charge in [0.2, 0.25) is 5.79 Å². The normalized spacial score (nSPS) is 46.1. The van der Waals surface area contributed by atoms with E-state index in [1.165, 1.54) is 0 Å². The number of piperidine rings is 3. The van der Waals surface area contributed by atoms with Gasteiger partial charge in [0, 0.05) is 12.1 Å². The zero-order valence-corrected chi connectivity index (χ0v) is 10.1. The molecule has 0 saturated carbocycles. The molecule has 2 N–H and O–H groups in total. The molecule has 5 heterocycles. The highest BCUT2D eigenvalue weighted by Gasteiger charge is 2.61. The fourth-order valence-corrected chi connectivity index (χ4v) is 3.69. The third kappa shape index (κ3) is 1.33. The largest absolute Gasteiger partial charge is 0.363 e. The fraction of sp³-hybridized carbons (Fsp3) is 0.615. The lowest BCUT2D eigenvalue weighted by Crippen LogP contribution is -2.65. The van der Waals surface area contributed by atoms with Crippen molar-refractivity contribution >= 4 is 0 Å². The van der Waals surface area contributed by atoms with Gasteiger partial charge >= 0.3 is 0 Å². The standard InChI is InChI=1S/C13H17N3O2/c17-13-9-4-7-16(8-5-9)12(13)11(15-18-13)10-3-1-2-6-14-10/h1-3,6,9,11-12,15,17H,4-5,7-8H2/t11-,12-,13-/m0/s1. The van der Waals surface area contributed by atoms with Crippen LogP contribution >= 0.6 is 0 Å². The molecule has 0 spiro atoms. The molecule has 18 heavy (non-hydrogen) atoms. The van der Waals surface area contributed by atoms with Crippen LogP contribution in [-0.2, 0) is 4.84 Å². The van der Waals surface area contributed by atoms with E-state index in [4.69, 9.17) is 4.84 Å². The maximum atomic E-state index is 10.8. The summed E-state index contributed by atoms with van der Waals surface area (Å²) in [6.07, 6.45) is 3.82. The smallest absolute Gasteiger partial charge is 0.205 e. The van der Waals surface area contributed by atoms with Gasteiger partial charge in [0.1, 0.15) is 0 Å². The van der Waals surface area contributed by atoms with E-state index >= 15 is 0 Å². The molecule has 1 aromatic heterocycles. The Morgan fingerprint density at radius 2 is 2.22 bits per heavy atom. The lowest BCUT2D eigenvalue weighted by Gasteiger charge is -2.51. The average molecular weight is 247 g/mol. The first-order valence-electron chi connectivity index (χ1n) is 6.60. The Balaban J connectivity index is 1.72. The molecular formula is C13H17N3O2. The van der Waals surface area contributed by atoms with Crippen LogP contribution in [0.4, 0.5) is 0 Å². The summed E-state index contributed by atoms with van der Waals surface area (Å²) in [4.78, 5) is 12.3. The highest BCUT2D eigenvalue weighted by molar-refractivity contribution is 5.18. The van der Waals surface area contributed by atoms with E-state index in [1.807, 2.05) is 18.2 Å². The molecule has 96 valence electrons. The number of nitrogens with one attached hydrogen (secondary N) is 1. The molecule has 3 atom stereocenters. The SMILES string of the molecule is O[C@@]12ON[C@@H](c3ccccn3)[C@@H]1N1CCC2CC1. The summed E-state index contributed by atoms with van der Waals surface area (Å²) in [7, 11) is 0. The highest BCUT2D eigenvalue weighted by atomic mass is 16.8. The molecule has 0 amide bonds. The fourth-order valence-electron chi connectivity index (χ4n) is 3.69. The van der Waals surface area contributed by atoms with Crippen LogP contribution < -0.4 is 5.48 Å². The molecule has 0 radical (unpaired) electrons. The van der Waals surface area contributed by atoms with Crippen LogP contribution in [0, 0.1) is 5.92 Å². The second-order valence-corrected chi connectivity index (χ2v) is 5.46. The number of nitrogens with zero attached hydrogens (tertiary/aromatic N) is 2. The quantitative estimate of drug-likeness (QED) is 0.754. The number of hydroxylamine groups is 1. The number of hydrogen-bond acceptors (Lipinski definition) is 5. The third-order valence-corrected chi connectivity index (χ3v) is 4.60. The van der Waals surface area contributed by atoms with Gasteiger partial charge in [0.05, 0.1) is 17.8 Å².